The van der Waals surface area contributed by atoms with Gasteiger partial charge in [0.2, 0.25) is 0 Å². The minimum atomic E-state index is -4.86. The fourth-order valence-electron chi connectivity index (χ4n) is 11.8. The molecule has 67 heavy (non-hydrogen) atoms. The van der Waals surface area contributed by atoms with Gasteiger partial charge in [0.1, 0.15) is 17.6 Å². The number of carboxylic acid groups (broad SMARTS) is 1. The van der Waals surface area contributed by atoms with Gasteiger partial charge >= 0.3 is 18.2 Å². The Balaban J connectivity index is 1.27. The van der Waals surface area contributed by atoms with Crippen LogP contribution in [0.25, 0.3) is 0 Å². The Morgan fingerprint density at radius 3 is 2.19 bits per heavy atom. The SMILES string of the molecule is CCC(C(=O)[C@@H](C)[C@@H](O)[C@H](C)[C@@H]1O[C@@H]([C@@H](CC)C(=O)O)CC[C@@H]1C)[C@H]1O[C@]2(C=C[C@@H](NC(=O)Nc3cc(F)cc(C(F)(F)F)c3)[C@]3(CC[C@@](C)([C@H]4CC[C@](O)(CC)[C@H](C)O4)O3)O2)[C@H](C)C[C@@H]1C. The third kappa shape index (κ3) is 10.8. The molecular weight excluding hydrogens is 881 g/mol. The minimum Gasteiger partial charge on any atom is -0.481 e. The maximum absolute atomic E-state index is 14.7. The van der Waals surface area contributed by atoms with E-state index in [0.717, 1.165) is 12.5 Å². The van der Waals surface area contributed by atoms with E-state index in [-0.39, 0.29) is 30.0 Å². The highest BCUT2D eigenvalue weighted by Gasteiger charge is 2.63. The van der Waals surface area contributed by atoms with Crippen LogP contribution in [-0.4, -0.2) is 98.5 Å². The number of anilines is 1. The predicted octanol–water partition coefficient (Wildman–Crippen LogP) is 9.18. The van der Waals surface area contributed by atoms with Crippen LogP contribution in [0.5, 0.6) is 0 Å². The van der Waals surface area contributed by atoms with E-state index in [0.29, 0.717) is 63.5 Å². The summed E-state index contributed by atoms with van der Waals surface area (Å²) in [6.45, 7) is 18.8. The highest BCUT2D eigenvalue weighted by molar-refractivity contribution is 5.90. The van der Waals surface area contributed by atoms with Crippen LogP contribution in [0.1, 0.15) is 139 Å². The molecule has 5 aliphatic heterocycles. The van der Waals surface area contributed by atoms with E-state index in [9.17, 15) is 47.3 Å². The molecule has 2 spiro atoms. The lowest BCUT2D eigenvalue weighted by molar-refractivity contribution is -0.397. The number of urea groups is 1. The van der Waals surface area contributed by atoms with Crippen molar-refractivity contribution in [3.05, 3.63) is 41.7 Å². The fraction of sp³-hybridized carbons (Fsp3) is 0.780. The number of carbonyl (C=O) groups is 3. The Bertz CT molecular complexity index is 1970. The van der Waals surface area contributed by atoms with E-state index in [1.807, 2.05) is 62.3 Å². The molecule has 5 aliphatic rings. The molecule has 2 amide bonds. The van der Waals surface area contributed by atoms with E-state index < -0.39 is 124 Å². The molecule has 0 bridgehead atoms. The molecule has 1 aromatic carbocycles. The third-order valence-corrected chi connectivity index (χ3v) is 16.2. The first-order valence-corrected chi connectivity index (χ1v) is 24.5. The lowest BCUT2D eigenvalue weighted by Gasteiger charge is -2.55. The number of carbonyl (C=O) groups excluding carboxylic acids is 2. The third-order valence-electron chi connectivity index (χ3n) is 16.2. The number of hydrogen-bond acceptors (Lipinski definition) is 10. The van der Waals surface area contributed by atoms with Gasteiger partial charge in [0.05, 0.1) is 59.3 Å². The van der Waals surface area contributed by atoms with E-state index in [1.54, 1.807) is 19.1 Å². The Morgan fingerprint density at radius 2 is 1.58 bits per heavy atom. The molecule has 18 atom stereocenters. The first kappa shape index (κ1) is 53.2. The normalized spacial score (nSPS) is 39.1. The first-order chi connectivity index (χ1) is 31.3. The molecule has 1 unspecified atom stereocenters. The lowest BCUT2D eigenvalue weighted by Crippen LogP contribution is -2.66. The Hall–Kier alpha value is -3.19. The Labute approximate surface area is 392 Å². The van der Waals surface area contributed by atoms with Gasteiger partial charge < -0.3 is 49.6 Å². The zero-order chi connectivity index (χ0) is 49.6. The van der Waals surface area contributed by atoms with Crippen molar-refractivity contribution in [2.75, 3.05) is 5.32 Å². The van der Waals surface area contributed by atoms with Crippen LogP contribution in [-0.2, 0) is 39.4 Å². The van der Waals surface area contributed by atoms with Crippen molar-refractivity contribution in [1.29, 1.82) is 0 Å². The number of aliphatic hydroxyl groups excluding tert-OH is 1. The predicted molar refractivity (Wildman–Crippen MR) is 240 cm³/mol. The van der Waals surface area contributed by atoms with Gasteiger partial charge in [0.25, 0.3) is 0 Å². The molecule has 17 heteroatoms. The van der Waals surface area contributed by atoms with Crippen LogP contribution >= 0.6 is 0 Å². The van der Waals surface area contributed by atoms with Gasteiger partial charge in [0.15, 0.2) is 11.6 Å². The molecule has 378 valence electrons. The van der Waals surface area contributed by atoms with Crippen molar-refractivity contribution in [3.63, 3.8) is 0 Å². The van der Waals surface area contributed by atoms with Crippen LogP contribution in [0.4, 0.5) is 28.0 Å². The molecule has 4 fully saturated rings. The molecule has 0 radical (unpaired) electrons. The van der Waals surface area contributed by atoms with Gasteiger partial charge in [-0.15, -0.1) is 0 Å². The maximum Gasteiger partial charge on any atom is 0.416 e. The van der Waals surface area contributed by atoms with Gasteiger partial charge in [-0.3, -0.25) is 9.59 Å². The number of halogens is 4. The summed E-state index contributed by atoms with van der Waals surface area (Å²) < 4.78 is 89.2. The molecular formula is C50H74F4N2O11. The van der Waals surface area contributed by atoms with Crippen molar-refractivity contribution < 1.29 is 70.9 Å². The molecule has 5 heterocycles. The standard InChI is InChI=1S/C50H74F4N2O11/c1-11-35(44(59)60)37-15-14-26(4)42(64-37)30(8)40(57)29(7)41(58)36(12-2)43-27(5)22-28(6)48(65-43)19-16-38(56-45(61)55-34-24-32(50(52,53)54)23-33(51)25-34)49(67-48)21-20-46(10,66-49)39-17-18-47(62,13-3)31(9)63-39/h16,19,23-31,35-40,42-43,57,62H,11-15,17-18,20-22H2,1-10H3,(H,59,60)(H2,55,56,61)/t26-,27-,28+,29-,30-,31-,35+,36?,37+,38+,39+,40+,42+,43-,46-,47+,48-,49-/m0/s1. The zero-order valence-corrected chi connectivity index (χ0v) is 40.7. The number of nitrogens with one attached hydrogen (secondary N) is 2. The quantitative estimate of drug-likeness (QED) is 0.0886. The number of hydrogen-bond donors (Lipinski definition) is 5. The summed E-state index contributed by atoms with van der Waals surface area (Å²) in [7, 11) is 0. The topological polar surface area (TPSA) is 182 Å². The van der Waals surface area contributed by atoms with Crippen LogP contribution in [0.2, 0.25) is 0 Å². The largest absolute Gasteiger partial charge is 0.481 e. The van der Waals surface area contributed by atoms with Gasteiger partial charge in [-0.2, -0.15) is 13.2 Å². The summed E-state index contributed by atoms with van der Waals surface area (Å²) in [5.41, 5.74) is -3.72. The lowest BCUT2D eigenvalue weighted by atomic mass is 9.72. The highest BCUT2D eigenvalue weighted by Crippen LogP contribution is 2.54. The smallest absolute Gasteiger partial charge is 0.416 e. The molecule has 4 saturated heterocycles. The Kier molecular flexibility index (Phi) is 16.1. The number of alkyl halides is 3. The van der Waals surface area contributed by atoms with Crippen LogP contribution < -0.4 is 10.6 Å². The van der Waals surface area contributed by atoms with Gasteiger partial charge in [-0.25, -0.2) is 9.18 Å². The van der Waals surface area contributed by atoms with E-state index in [2.05, 4.69) is 10.6 Å². The Morgan fingerprint density at radius 1 is 0.896 bits per heavy atom. The number of ether oxygens (including phenoxy) is 5. The number of ketones is 1. The van der Waals surface area contributed by atoms with E-state index in [4.69, 9.17) is 23.7 Å². The summed E-state index contributed by atoms with van der Waals surface area (Å²) in [5, 5.41) is 38.1. The van der Waals surface area contributed by atoms with Crippen molar-refractivity contribution in [2.45, 2.75) is 205 Å². The fourth-order valence-corrected chi connectivity index (χ4v) is 11.8. The number of aliphatic carboxylic acids is 1. The van der Waals surface area contributed by atoms with Crippen molar-refractivity contribution in [1.82, 2.24) is 5.32 Å². The average molecular weight is 955 g/mol. The maximum atomic E-state index is 14.7. The van der Waals surface area contributed by atoms with Crippen LogP contribution in [0.15, 0.2) is 30.4 Å². The summed E-state index contributed by atoms with van der Waals surface area (Å²) in [4.78, 5) is 40.4. The molecule has 13 nitrogen and oxygen atoms in total. The van der Waals surface area contributed by atoms with E-state index in [1.165, 1.54) is 0 Å². The number of rotatable bonds is 14. The first-order valence-electron chi connectivity index (χ1n) is 24.5. The summed E-state index contributed by atoms with van der Waals surface area (Å²) in [6.07, 6.45) is -0.606. The zero-order valence-electron chi connectivity index (χ0n) is 40.7. The molecule has 5 N–H and O–H groups in total. The van der Waals surface area contributed by atoms with E-state index >= 15 is 0 Å². The molecule has 0 aromatic heterocycles. The summed E-state index contributed by atoms with van der Waals surface area (Å²) in [6, 6.07) is -0.240. The molecule has 6 rings (SSSR count). The summed E-state index contributed by atoms with van der Waals surface area (Å²) >= 11 is 0. The van der Waals surface area contributed by atoms with Crippen molar-refractivity contribution in [2.24, 2.45) is 41.4 Å². The highest BCUT2D eigenvalue weighted by atomic mass is 19.4. The monoisotopic (exact) mass is 955 g/mol. The number of carboxylic acids is 1. The molecule has 1 aromatic rings. The van der Waals surface area contributed by atoms with Crippen LogP contribution in [0.3, 0.4) is 0 Å². The average Bonchev–Trinajstić information content (AvgIpc) is 3.60. The number of aliphatic hydroxyl groups is 2. The molecule has 0 aliphatic carbocycles. The van der Waals surface area contributed by atoms with Gasteiger partial charge in [-0.1, -0.05) is 61.5 Å². The second-order valence-electron chi connectivity index (χ2n) is 20.8. The number of amides is 2. The minimum absolute atomic E-state index is 0.0300. The number of benzene rings is 1. The van der Waals surface area contributed by atoms with Gasteiger partial charge in [-0.05, 0) is 108 Å². The van der Waals surface area contributed by atoms with Crippen molar-refractivity contribution >= 4 is 23.5 Å². The molecule has 0 saturated carbocycles. The van der Waals surface area contributed by atoms with Gasteiger partial charge in [0, 0.05) is 35.8 Å². The summed E-state index contributed by atoms with van der Waals surface area (Å²) in [5.74, 6) is -8.55. The second kappa shape index (κ2) is 20.3. The van der Waals surface area contributed by atoms with Crippen LogP contribution in [0, 0.1) is 47.2 Å². The van der Waals surface area contributed by atoms with Crippen molar-refractivity contribution in [3.8, 4) is 0 Å². The number of Topliss-reactive ketones (excluding diaryl/α,β-unsaturated/α-hetero) is 1. The second-order valence-corrected chi connectivity index (χ2v) is 20.8.